The van der Waals surface area contributed by atoms with E-state index in [4.69, 9.17) is 32.7 Å². The molecule has 0 atom stereocenters. The number of nitrogens with zero attached hydrogens (tertiary/aromatic N) is 1. The van der Waals surface area contributed by atoms with Gasteiger partial charge in [-0.15, -0.1) is 0 Å². The summed E-state index contributed by atoms with van der Waals surface area (Å²) in [6.45, 7) is 1.33. The van der Waals surface area contributed by atoms with Crippen LogP contribution in [-0.2, 0) is 11.3 Å². The lowest BCUT2D eigenvalue weighted by Gasteiger charge is -2.14. The molecule has 2 aromatic carbocycles. The number of halogens is 2. The minimum absolute atomic E-state index is 0.122. The smallest absolute Gasteiger partial charge is 0.341 e. The van der Waals surface area contributed by atoms with Crippen LogP contribution in [0.3, 0.4) is 0 Å². The Balaban J connectivity index is 2.08. The van der Waals surface area contributed by atoms with Gasteiger partial charge < -0.3 is 14.4 Å². The van der Waals surface area contributed by atoms with E-state index in [-0.39, 0.29) is 22.2 Å². The second-order valence-corrected chi connectivity index (χ2v) is 6.23. The molecule has 0 spiro atoms. The fraction of sp³-hybridized carbons (Fsp3) is 0.278. The molecule has 0 aliphatic heterocycles. The van der Waals surface area contributed by atoms with E-state index < -0.39 is 5.97 Å². The van der Waals surface area contributed by atoms with Crippen molar-refractivity contribution in [1.82, 2.24) is 4.90 Å². The molecule has 2 aromatic rings. The Morgan fingerprint density at radius 3 is 2.46 bits per heavy atom. The molecule has 0 amide bonds. The van der Waals surface area contributed by atoms with Gasteiger partial charge in [0.1, 0.15) is 24.5 Å². The Labute approximate surface area is 151 Å². The Bertz CT molecular complexity index is 690. The fourth-order valence-electron chi connectivity index (χ4n) is 1.97. The van der Waals surface area contributed by atoms with Gasteiger partial charge in [-0.05, 0) is 31.8 Å². The lowest BCUT2D eigenvalue weighted by molar-refractivity contribution is 0.0472. The van der Waals surface area contributed by atoms with Crippen molar-refractivity contribution in [2.45, 2.75) is 6.61 Å². The highest BCUT2D eigenvalue weighted by molar-refractivity contribution is 6.40. The van der Waals surface area contributed by atoms with Gasteiger partial charge in [0.2, 0.25) is 0 Å². The third kappa shape index (κ3) is 5.13. The molecular weight excluding hydrogens is 349 g/mol. The van der Waals surface area contributed by atoms with Crippen LogP contribution in [0.4, 0.5) is 0 Å². The molecule has 0 radical (unpaired) electrons. The number of rotatable bonds is 7. The predicted octanol–water partition coefficient (Wildman–Crippen LogP) is 4.29. The quantitative estimate of drug-likeness (QED) is 0.684. The van der Waals surface area contributed by atoms with Crippen molar-refractivity contribution in [3.8, 4) is 5.75 Å². The van der Waals surface area contributed by atoms with Gasteiger partial charge in [-0.25, -0.2) is 4.79 Å². The summed E-state index contributed by atoms with van der Waals surface area (Å²) in [5.74, 6) is -0.165. The Hall–Kier alpha value is -1.75. The first kappa shape index (κ1) is 18.6. The van der Waals surface area contributed by atoms with Crippen molar-refractivity contribution in [1.29, 1.82) is 0 Å². The maximum absolute atomic E-state index is 12.3. The molecule has 0 heterocycles. The third-order valence-corrected chi connectivity index (χ3v) is 3.96. The molecule has 4 nitrogen and oxygen atoms in total. The van der Waals surface area contributed by atoms with E-state index in [2.05, 4.69) is 0 Å². The van der Waals surface area contributed by atoms with Crippen molar-refractivity contribution in [2.24, 2.45) is 0 Å². The normalized spacial score (nSPS) is 10.7. The molecule has 0 unspecified atom stereocenters. The predicted molar refractivity (Wildman–Crippen MR) is 96.1 cm³/mol. The number of carbonyl (C=O) groups is 1. The Morgan fingerprint density at radius 2 is 1.79 bits per heavy atom. The Kier molecular flexibility index (Phi) is 6.91. The van der Waals surface area contributed by atoms with Crippen LogP contribution in [0.15, 0.2) is 42.5 Å². The van der Waals surface area contributed by atoms with Crippen molar-refractivity contribution in [3.05, 3.63) is 63.6 Å². The molecule has 0 bridgehead atoms. The number of hydrogen-bond donors (Lipinski definition) is 0. The van der Waals surface area contributed by atoms with E-state index in [0.29, 0.717) is 12.4 Å². The molecule has 0 N–H and O–H groups in total. The number of ether oxygens (including phenoxy) is 2. The van der Waals surface area contributed by atoms with Crippen LogP contribution in [0.2, 0.25) is 10.0 Å². The van der Waals surface area contributed by atoms with E-state index >= 15 is 0 Å². The second-order valence-electron chi connectivity index (χ2n) is 5.45. The zero-order valence-electron chi connectivity index (χ0n) is 13.6. The molecule has 128 valence electrons. The zero-order chi connectivity index (χ0) is 17.5. The standard InChI is InChI=1S/C18H19Cl2NO3/c1-21(2)10-11-23-15-9-8-14(19)16(17(15)20)18(22)24-12-13-6-4-3-5-7-13/h3-9H,10-12H2,1-2H3. The minimum atomic E-state index is -0.577. The van der Waals surface area contributed by atoms with Gasteiger partial charge in [0.25, 0.3) is 0 Å². The highest BCUT2D eigenvalue weighted by atomic mass is 35.5. The summed E-state index contributed by atoms with van der Waals surface area (Å²) in [7, 11) is 3.89. The number of benzene rings is 2. The summed E-state index contributed by atoms with van der Waals surface area (Å²) in [4.78, 5) is 14.3. The molecule has 0 aliphatic rings. The van der Waals surface area contributed by atoms with Crippen LogP contribution < -0.4 is 4.74 Å². The van der Waals surface area contributed by atoms with Gasteiger partial charge in [-0.3, -0.25) is 0 Å². The average Bonchev–Trinajstić information content (AvgIpc) is 2.56. The molecular formula is C18H19Cl2NO3. The summed E-state index contributed by atoms with van der Waals surface area (Å²) in [6.07, 6.45) is 0. The number of hydrogen-bond acceptors (Lipinski definition) is 4. The first-order valence-electron chi connectivity index (χ1n) is 7.45. The van der Waals surface area contributed by atoms with Crippen molar-refractivity contribution >= 4 is 29.2 Å². The summed E-state index contributed by atoms with van der Waals surface area (Å²) in [6, 6.07) is 12.6. The topological polar surface area (TPSA) is 38.8 Å². The van der Waals surface area contributed by atoms with Gasteiger partial charge in [-0.2, -0.15) is 0 Å². The maximum atomic E-state index is 12.3. The molecule has 24 heavy (non-hydrogen) atoms. The van der Waals surface area contributed by atoms with Gasteiger partial charge in [0.15, 0.2) is 0 Å². The molecule has 2 rings (SSSR count). The first-order valence-corrected chi connectivity index (χ1v) is 8.21. The highest BCUT2D eigenvalue weighted by Crippen LogP contribution is 2.34. The highest BCUT2D eigenvalue weighted by Gasteiger charge is 2.20. The lowest BCUT2D eigenvalue weighted by Crippen LogP contribution is -2.19. The van der Waals surface area contributed by atoms with Gasteiger partial charge in [-0.1, -0.05) is 53.5 Å². The minimum Gasteiger partial charge on any atom is -0.491 e. The molecule has 0 saturated heterocycles. The fourth-order valence-corrected chi connectivity index (χ4v) is 2.54. The maximum Gasteiger partial charge on any atom is 0.341 e. The summed E-state index contributed by atoms with van der Waals surface area (Å²) in [5, 5.41) is 0.400. The third-order valence-electron chi connectivity index (χ3n) is 3.27. The largest absolute Gasteiger partial charge is 0.491 e. The molecule has 0 saturated carbocycles. The van der Waals surface area contributed by atoms with Crippen molar-refractivity contribution in [3.63, 3.8) is 0 Å². The number of carbonyl (C=O) groups excluding carboxylic acids is 1. The average molecular weight is 368 g/mol. The second kappa shape index (κ2) is 8.92. The van der Waals surface area contributed by atoms with Gasteiger partial charge in [0, 0.05) is 6.54 Å². The van der Waals surface area contributed by atoms with Gasteiger partial charge in [0.05, 0.1) is 10.0 Å². The van der Waals surface area contributed by atoms with Crippen LogP contribution in [0.25, 0.3) is 0 Å². The first-order chi connectivity index (χ1) is 11.5. The van der Waals surface area contributed by atoms with Gasteiger partial charge >= 0.3 is 5.97 Å². The zero-order valence-corrected chi connectivity index (χ0v) is 15.1. The molecule has 0 aliphatic carbocycles. The summed E-state index contributed by atoms with van der Waals surface area (Å²) < 4.78 is 10.9. The van der Waals surface area contributed by atoms with E-state index in [1.807, 2.05) is 49.3 Å². The summed E-state index contributed by atoms with van der Waals surface area (Å²) in [5.41, 5.74) is 1.01. The molecule has 0 aromatic heterocycles. The van der Waals surface area contributed by atoms with Crippen molar-refractivity contribution < 1.29 is 14.3 Å². The molecule has 6 heteroatoms. The summed E-state index contributed by atoms with van der Waals surface area (Å²) >= 11 is 12.4. The van der Waals surface area contributed by atoms with E-state index in [1.54, 1.807) is 12.1 Å². The van der Waals surface area contributed by atoms with Crippen molar-refractivity contribution in [2.75, 3.05) is 27.2 Å². The number of likely N-dealkylation sites (N-methyl/N-ethyl adjacent to an activating group) is 1. The Morgan fingerprint density at radius 1 is 1.08 bits per heavy atom. The SMILES string of the molecule is CN(C)CCOc1ccc(Cl)c(C(=O)OCc2ccccc2)c1Cl. The number of esters is 1. The van der Waals surface area contributed by atoms with E-state index in [9.17, 15) is 4.79 Å². The van der Waals surface area contributed by atoms with Crippen LogP contribution in [0.5, 0.6) is 5.75 Å². The van der Waals surface area contributed by atoms with Crippen LogP contribution in [0.1, 0.15) is 15.9 Å². The van der Waals surface area contributed by atoms with Crippen LogP contribution in [0, 0.1) is 0 Å². The van der Waals surface area contributed by atoms with E-state index in [1.165, 1.54) is 0 Å². The molecule has 0 fully saturated rings. The monoisotopic (exact) mass is 367 g/mol. The lowest BCUT2D eigenvalue weighted by atomic mass is 10.2. The van der Waals surface area contributed by atoms with E-state index in [0.717, 1.165) is 12.1 Å². The van der Waals surface area contributed by atoms with Crippen LogP contribution >= 0.6 is 23.2 Å². The van der Waals surface area contributed by atoms with Crippen LogP contribution in [-0.4, -0.2) is 38.1 Å².